The number of hydrogen-bond acceptors (Lipinski definition) is 9. The summed E-state index contributed by atoms with van der Waals surface area (Å²) in [7, 11) is 3.09. The third-order valence-corrected chi connectivity index (χ3v) is 7.86. The second-order valence-electron chi connectivity index (χ2n) is 11.4. The zero-order valence-corrected chi connectivity index (χ0v) is 27.2. The number of nitrogens with two attached hydrogens (primary N) is 2. The van der Waals surface area contributed by atoms with Crippen LogP contribution < -0.4 is 26.8 Å². The van der Waals surface area contributed by atoms with Crippen LogP contribution in [-0.4, -0.2) is 66.9 Å². The third kappa shape index (κ3) is 6.17. The van der Waals surface area contributed by atoms with Crippen LogP contribution >= 0.6 is 0 Å². The van der Waals surface area contributed by atoms with Crippen molar-refractivity contribution in [3.63, 3.8) is 0 Å². The molecule has 0 spiro atoms. The second-order valence-corrected chi connectivity index (χ2v) is 11.4. The average Bonchev–Trinajstić information content (AvgIpc) is 3.79. The van der Waals surface area contributed by atoms with Crippen LogP contribution in [0.4, 0.5) is 25.1 Å². The van der Waals surface area contributed by atoms with Gasteiger partial charge in [-0.1, -0.05) is 12.2 Å². The highest BCUT2D eigenvalue weighted by Gasteiger charge is 2.31. The number of fused-ring (bicyclic) bond motifs is 4. The predicted octanol–water partition coefficient (Wildman–Crippen LogP) is 4.26. The number of allylic oxidation sites excluding steroid dienone is 2. The number of primary amides is 2. The number of furan rings is 1. The Balaban J connectivity index is 1.39. The first-order valence-electron chi connectivity index (χ1n) is 15.1. The molecule has 260 valence electrons. The smallest absolute Gasteiger partial charge is 0.408 e. The summed E-state index contributed by atoms with van der Waals surface area (Å²) >= 11 is 0. The summed E-state index contributed by atoms with van der Waals surface area (Å²) in [6, 6.07) is 7.45. The summed E-state index contributed by atoms with van der Waals surface area (Å²) in [5.41, 5.74) is 13.5. The molecule has 15 nitrogen and oxygen atoms in total. The van der Waals surface area contributed by atoms with Crippen LogP contribution in [0.3, 0.4) is 0 Å². The Morgan fingerprint density at radius 3 is 2.22 bits per heavy atom. The number of alkyl halides is 3. The summed E-state index contributed by atoms with van der Waals surface area (Å²) in [4.78, 5) is 46.7. The van der Waals surface area contributed by atoms with Gasteiger partial charge in [0.25, 0.3) is 11.8 Å². The fourth-order valence-electron chi connectivity index (χ4n) is 5.84. The molecule has 2 aromatic carbocycles. The van der Waals surface area contributed by atoms with E-state index < -0.39 is 30.4 Å². The van der Waals surface area contributed by atoms with Crippen molar-refractivity contribution in [3.05, 3.63) is 70.8 Å². The number of nitrogens with one attached hydrogen (secondary N) is 2. The number of imidazole rings is 2. The number of amides is 3. The number of aryl methyl sites for hydroxylation is 2. The van der Waals surface area contributed by atoms with Crippen molar-refractivity contribution in [2.24, 2.45) is 11.5 Å². The van der Waals surface area contributed by atoms with Gasteiger partial charge in [0.2, 0.25) is 17.8 Å². The van der Waals surface area contributed by atoms with Crippen molar-refractivity contribution >= 4 is 62.7 Å². The summed E-state index contributed by atoms with van der Waals surface area (Å²) < 4.78 is 55.1. The van der Waals surface area contributed by atoms with Gasteiger partial charge in [-0.05, 0) is 44.2 Å². The quantitative estimate of drug-likeness (QED) is 0.143. The number of hydrogen-bond donors (Lipinski definition) is 4. The lowest BCUT2D eigenvalue weighted by molar-refractivity contribution is -0.142. The van der Waals surface area contributed by atoms with E-state index in [1.807, 2.05) is 10.6 Å². The van der Waals surface area contributed by atoms with E-state index >= 15 is 0 Å². The SMILES string of the molecule is CNc1nc2cc(C(N)=O)c3oc(C)cc3c2n1C/C=C/Cn1c(NC(=O)c2cc(C)nn2CC(F)(F)F)nc2cc(C(N)=O)cc(OC)c21. The monoisotopic (exact) mass is 692 g/mol. The topological polar surface area (TPSA) is 203 Å². The molecule has 0 radical (unpaired) electrons. The summed E-state index contributed by atoms with van der Waals surface area (Å²) in [5, 5.41) is 10.1. The molecule has 3 amide bonds. The minimum atomic E-state index is -4.62. The Morgan fingerprint density at radius 1 is 0.940 bits per heavy atom. The number of ether oxygens (including phenoxy) is 1. The molecule has 0 atom stereocenters. The van der Waals surface area contributed by atoms with Crippen molar-refractivity contribution in [2.75, 3.05) is 24.8 Å². The zero-order chi connectivity index (χ0) is 36.1. The van der Waals surface area contributed by atoms with Gasteiger partial charge in [-0.2, -0.15) is 18.3 Å². The van der Waals surface area contributed by atoms with Crippen molar-refractivity contribution in [1.82, 2.24) is 28.9 Å². The van der Waals surface area contributed by atoms with Gasteiger partial charge < -0.3 is 35.1 Å². The van der Waals surface area contributed by atoms with Crippen LogP contribution in [0.1, 0.15) is 42.7 Å². The van der Waals surface area contributed by atoms with Crippen LogP contribution in [0.2, 0.25) is 0 Å². The highest BCUT2D eigenvalue weighted by atomic mass is 19.4. The van der Waals surface area contributed by atoms with E-state index in [1.165, 1.54) is 32.2 Å². The van der Waals surface area contributed by atoms with E-state index in [0.29, 0.717) is 43.9 Å². The maximum atomic E-state index is 13.4. The molecule has 6 N–H and O–H groups in total. The normalized spacial score (nSPS) is 12.1. The molecule has 4 heterocycles. The number of rotatable bonds is 11. The minimum Gasteiger partial charge on any atom is -0.494 e. The van der Waals surface area contributed by atoms with E-state index in [2.05, 4.69) is 25.7 Å². The van der Waals surface area contributed by atoms with Gasteiger partial charge in [0.05, 0.1) is 34.9 Å². The number of carbonyl (C=O) groups is 3. The van der Waals surface area contributed by atoms with Crippen LogP contribution in [0, 0.1) is 13.8 Å². The second kappa shape index (κ2) is 12.6. The fraction of sp³-hybridized carbons (Fsp3) is 0.250. The largest absolute Gasteiger partial charge is 0.494 e. The highest BCUT2D eigenvalue weighted by Crippen LogP contribution is 2.34. The molecule has 0 aliphatic heterocycles. The van der Waals surface area contributed by atoms with E-state index in [4.69, 9.17) is 20.6 Å². The molecule has 0 bridgehead atoms. The number of aromatic nitrogens is 6. The predicted molar refractivity (Wildman–Crippen MR) is 177 cm³/mol. The molecule has 50 heavy (non-hydrogen) atoms. The number of benzene rings is 2. The molecule has 6 rings (SSSR count). The van der Waals surface area contributed by atoms with Crippen molar-refractivity contribution in [2.45, 2.75) is 39.7 Å². The third-order valence-electron chi connectivity index (χ3n) is 7.86. The fourth-order valence-corrected chi connectivity index (χ4v) is 5.84. The first-order chi connectivity index (χ1) is 23.7. The van der Waals surface area contributed by atoms with Crippen molar-refractivity contribution in [1.29, 1.82) is 0 Å². The molecular formula is C32H31F3N10O5. The Hall–Kier alpha value is -6.33. The number of carbonyl (C=O) groups excluding carboxylic acids is 3. The minimum absolute atomic E-state index is 0.0365. The Bertz CT molecular complexity index is 2360. The molecule has 0 unspecified atom stereocenters. The first-order valence-corrected chi connectivity index (χ1v) is 15.1. The maximum absolute atomic E-state index is 13.4. The average molecular weight is 693 g/mol. The van der Waals surface area contributed by atoms with Crippen LogP contribution in [-0.2, 0) is 19.6 Å². The Labute approximate surface area is 280 Å². The van der Waals surface area contributed by atoms with Gasteiger partial charge in [0.15, 0.2) is 0 Å². The van der Waals surface area contributed by atoms with E-state index in [0.717, 1.165) is 0 Å². The van der Waals surface area contributed by atoms with Gasteiger partial charge in [-0.25, -0.2) is 9.97 Å². The molecule has 18 heteroatoms. The molecule has 0 saturated carbocycles. The highest BCUT2D eigenvalue weighted by molar-refractivity contribution is 6.14. The molecule has 0 saturated heterocycles. The van der Waals surface area contributed by atoms with Gasteiger partial charge >= 0.3 is 6.18 Å². The van der Waals surface area contributed by atoms with E-state index in [9.17, 15) is 27.6 Å². The van der Waals surface area contributed by atoms with Gasteiger partial charge in [0, 0.05) is 31.1 Å². The Kier molecular flexibility index (Phi) is 8.46. The maximum Gasteiger partial charge on any atom is 0.408 e. The molecule has 0 aliphatic carbocycles. The molecule has 0 aliphatic rings. The number of halogens is 3. The molecular weight excluding hydrogens is 661 g/mol. The first kappa shape index (κ1) is 33.6. The van der Waals surface area contributed by atoms with E-state index in [-0.39, 0.29) is 52.8 Å². The summed E-state index contributed by atoms with van der Waals surface area (Å²) in [5.74, 6) is -1.02. The standard InChI is InChI=1S/C32H31F3N10O5/c1-15-9-22(45(42-15)14-32(33,34)35)29(48)41-31-40-20-11-17(27(36)46)12-23(49-4)25(20)44(31)8-6-5-7-43-24-18-10-16(2)50-26(18)19(28(37)47)13-21(24)39-30(43)38-3/h5-6,9-13H,7-8,14H2,1-4H3,(H2,36,46)(H2,37,47)(H,38,39)(H,40,41,48)/b6-5+. The van der Waals surface area contributed by atoms with Gasteiger partial charge in [-0.3, -0.25) is 24.4 Å². The summed E-state index contributed by atoms with van der Waals surface area (Å²) in [6.45, 7) is 2.14. The van der Waals surface area contributed by atoms with Crippen LogP contribution in [0.25, 0.3) is 33.0 Å². The summed E-state index contributed by atoms with van der Waals surface area (Å²) in [6.07, 6.45) is -1.02. The molecule has 4 aromatic heterocycles. The van der Waals surface area contributed by atoms with Crippen LogP contribution in [0.5, 0.6) is 5.75 Å². The Morgan fingerprint density at radius 2 is 1.60 bits per heavy atom. The van der Waals surface area contributed by atoms with Gasteiger partial charge in [0.1, 0.15) is 34.8 Å². The van der Waals surface area contributed by atoms with Crippen molar-refractivity contribution in [3.8, 4) is 5.75 Å². The lowest BCUT2D eigenvalue weighted by atomic mass is 10.1. The van der Waals surface area contributed by atoms with E-state index in [1.54, 1.807) is 36.7 Å². The van der Waals surface area contributed by atoms with Gasteiger partial charge in [-0.15, -0.1) is 0 Å². The number of anilines is 2. The lowest BCUT2D eigenvalue weighted by Gasteiger charge is -2.12. The zero-order valence-electron chi connectivity index (χ0n) is 27.2. The lowest BCUT2D eigenvalue weighted by Crippen LogP contribution is -2.25. The van der Waals surface area contributed by atoms with Crippen molar-refractivity contribution < 1.29 is 36.7 Å². The number of methoxy groups -OCH3 is 1. The number of nitrogens with zero attached hydrogens (tertiary/aromatic N) is 6. The molecule has 6 aromatic rings. The van der Waals surface area contributed by atoms with Crippen LogP contribution in [0.15, 0.2) is 46.9 Å². The molecule has 0 fully saturated rings.